The molecule has 4 nitrogen and oxygen atoms in total. The molecule has 1 N–H and O–H groups in total. The van der Waals surface area contributed by atoms with Crippen molar-refractivity contribution in [3.05, 3.63) is 0 Å². The molecule has 0 spiro atoms. The zero-order chi connectivity index (χ0) is 26.6. The van der Waals surface area contributed by atoms with Crippen LogP contribution < -0.4 is 0 Å². The molecule has 0 saturated carbocycles. The second kappa shape index (κ2) is 27.9. The fourth-order valence-corrected chi connectivity index (χ4v) is 4.66. The second-order valence-electron chi connectivity index (χ2n) is 10.8. The normalized spacial score (nSPS) is 12.9. The van der Waals surface area contributed by atoms with Crippen LogP contribution in [0, 0.1) is 0 Å². The number of hydrogen-bond donors (Lipinski definition) is 1. The maximum Gasteiger partial charge on any atom is 0.308 e. The van der Waals surface area contributed by atoms with Gasteiger partial charge in [0.15, 0.2) is 0 Å². The van der Waals surface area contributed by atoms with E-state index in [0.29, 0.717) is 19.8 Å². The molecular formula is C32H66O4. The molecule has 0 rings (SSSR count). The topological polar surface area (TPSA) is 47.9 Å². The number of rotatable bonds is 30. The highest BCUT2D eigenvalue weighted by Gasteiger charge is 2.40. The van der Waals surface area contributed by atoms with Gasteiger partial charge in [0.1, 0.15) is 6.10 Å². The maximum absolute atomic E-state index is 11.6. The van der Waals surface area contributed by atoms with Crippen molar-refractivity contribution >= 4 is 0 Å². The first kappa shape index (κ1) is 35.8. The molecule has 0 amide bonds. The van der Waals surface area contributed by atoms with E-state index < -0.39 is 12.1 Å². The Morgan fingerprint density at radius 3 is 1.19 bits per heavy atom. The minimum atomic E-state index is -1.62. The molecule has 0 aromatic rings. The van der Waals surface area contributed by atoms with Crippen molar-refractivity contribution in [2.75, 3.05) is 19.8 Å². The van der Waals surface area contributed by atoms with Gasteiger partial charge in [0, 0.05) is 6.61 Å². The van der Waals surface area contributed by atoms with Gasteiger partial charge < -0.3 is 19.3 Å². The molecule has 1 atom stereocenters. The molecule has 218 valence electrons. The van der Waals surface area contributed by atoms with Gasteiger partial charge in [-0.2, -0.15) is 0 Å². The summed E-state index contributed by atoms with van der Waals surface area (Å²) in [5.74, 6) is -1.62. The Bertz CT molecular complexity index is 397. The summed E-state index contributed by atoms with van der Waals surface area (Å²) < 4.78 is 18.6. The van der Waals surface area contributed by atoms with E-state index in [1.165, 1.54) is 96.3 Å². The van der Waals surface area contributed by atoms with E-state index in [4.69, 9.17) is 14.2 Å². The third-order valence-corrected chi connectivity index (χ3v) is 7.16. The first-order chi connectivity index (χ1) is 17.6. The van der Waals surface area contributed by atoms with Crippen LogP contribution in [0.25, 0.3) is 0 Å². The highest BCUT2D eigenvalue weighted by atomic mass is 16.8. The van der Waals surface area contributed by atoms with E-state index in [-0.39, 0.29) is 0 Å². The van der Waals surface area contributed by atoms with Crippen LogP contribution in [-0.4, -0.2) is 37.0 Å². The van der Waals surface area contributed by atoms with Gasteiger partial charge in [0.2, 0.25) is 0 Å². The van der Waals surface area contributed by atoms with Crippen LogP contribution >= 0.6 is 0 Å². The van der Waals surface area contributed by atoms with Gasteiger partial charge in [-0.25, -0.2) is 0 Å². The second-order valence-corrected chi connectivity index (χ2v) is 10.8. The molecule has 4 heteroatoms. The van der Waals surface area contributed by atoms with E-state index >= 15 is 0 Å². The summed E-state index contributed by atoms with van der Waals surface area (Å²) in [6.07, 6.45) is 26.8. The van der Waals surface area contributed by atoms with Crippen LogP contribution in [0.15, 0.2) is 0 Å². The lowest BCUT2D eigenvalue weighted by atomic mass is 10.1. The zero-order valence-corrected chi connectivity index (χ0v) is 25.1. The van der Waals surface area contributed by atoms with Crippen LogP contribution in [0.5, 0.6) is 0 Å². The Morgan fingerprint density at radius 1 is 0.444 bits per heavy atom. The van der Waals surface area contributed by atoms with Crippen LogP contribution in [0.3, 0.4) is 0 Å². The SMILES string of the molecule is CCCCCCCCOC(CCCCCC)C(O)(OCCCCCCCC)OCCCCCCCC. The quantitative estimate of drug-likeness (QED) is 0.0765. The zero-order valence-electron chi connectivity index (χ0n) is 25.1. The first-order valence-corrected chi connectivity index (χ1v) is 16.3. The third kappa shape index (κ3) is 21.9. The van der Waals surface area contributed by atoms with E-state index in [0.717, 1.165) is 51.4 Å². The highest BCUT2D eigenvalue weighted by molar-refractivity contribution is 4.72. The molecule has 0 saturated heterocycles. The van der Waals surface area contributed by atoms with E-state index in [2.05, 4.69) is 27.7 Å². The average molecular weight is 515 g/mol. The fraction of sp³-hybridized carbons (Fsp3) is 1.00. The summed E-state index contributed by atoms with van der Waals surface area (Å²) in [5.41, 5.74) is 0. The summed E-state index contributed by atoms with van der Waals surface area (Å²) in [4.78, 5) is 0. The van der Waals surface area contributed by atoms with Crippen molar-refractivity contribution in [2.24, 2.45) is 0 Å². The number of hydrogen-bond acceptors (Lipinski definition) is 4. The molecule has 0 radical (unpaired) electrons. The smallest absolute Gasteiger partial charge is 0.308 e. The van der Waals surface area contributed by atoms with E-state index in [9.17, 15) is 5.11 Å². The van der Waals surface area contributed by atoms with Crippen LogP contribution in [0.2, 0.25) is 0 Å². The average Bonchev–Trinajstić information content (AvgIpc) is 2.88. The summed E-state index contributed by atoms with van der Waals surface area (Å²) in [6.45, 7) is 10.7. The first-order valence-electron chi connectivity index (χ1n) is 16.3. The number of ether oxygens (including phenoxy) is 3. The van der Waals surface area contributed by atoms with Crippen LogP contribution in [0.1, 0.15) is 175 Å². The van der Waals surface area contributed by atoms with Crippen molar-refractivity contribution in [3.8, 4) is 0 Å². The van der Waals surface area contributed by atoms with Gasteiger partial charge in [-0.15, -0.1) is 0 Å². The van der Waals surface area contributed by atoms with Crippen LogP contribution in [-0.2, 0) is 14.2 Å². The molecule has 0 aromatic carbocycles. The van der Waals surface area contributed by atoms with E-state index in [1.807, 2.05) is 0 Å². The lowest BCUT2D eigenvalue weighted by Gasteiger charge is -2.35. The Balaban J connectivity index is 4.84. The van der Waals surface area contributed by atoms with Gasteiger partial charge in [-0.3, -0.25) is 0 Å². The monoisotopic (exact) mass is 514 g/mol. The highest BCUT2D eigenvalue weighted by Crippen LogP contribution is 2.25. The molecule has 0 aliphatic heterocycles. The summed E-state index contributed by atoms with van der Waals surface area (Å²) in [7, 11) is 0. The van der Waals surface area contributed by atoms with Crippen molar-refractivity contribution in [1.82, 2.24) is 0 Å². The lowest BCUT2D eigenvalue weighted by molar-refractivity contribution is -0.402. The van der Waals surface area contributed by atoms with Crippen molar-refractivity contribution in [3.63, 3.8) is 0 Å². The Hall–Kier alpha value is -0.160. The predicted octanol–water partition coefficient (Wildman–Crippen LogP) is 10.1. The summed E-state index contributed by atoms with van der Waals surface area (Å²) in [6, 6.07) is 0. The van der Waals surface area contributed by atoms with Crippen molar-refractivity contribution in [2.45, 2.75) is 187 Å². The Kier molecular flexibility index (Phi) is 27.7. The van der Waals surface area contributed by atoms with Gasteiger partial charge in [0.05, 0.1) is 13.2 Å². The van der Waals surface area contributed by atoms with Gasteiger partial charge in [-0.05, 0) is 25.7 Å². The number of unbranched alkanes of at least 4 members (excludes halogenated alkanes) is 18. The fourth-order valence-electron chi connectivity index (χ4n) is 4.66. The molecule has 0 aliphatic rings. The van der Waals surface area contributed by atoms with Gasteiger partial charge in [-0.1, -0.05) is 150 Å². The molecule has 0 aromatic heterocycles. The molecule has 36 heavy (non-hydrogen) atoms. The van der Waals surface area contributed by atoms with Crippen LogP contribution in [0.4, 0.5) is 0 Å². The third-order valence-electron chi connectivity index (χ3n) is 7.16. The Labute approximate surface area is 226 Å². The minimum absolute atomic E-state index is 0.412. The molecule has 1 unspecified atom stereocenters. The molecule has 0 fully saturated rings. The van der Waals surface area contributed by atoms with Crippen molar-refractivity contribution < 1.29 is 19.3 Å². The molecule has 0 heterocycles. The molecule has 0 bridgehead atoms. The molecular weight excluding hydrogens is 448 g/mol. The molecule has 0 aliphatic carbocycles. The number of aliphatic hydroxyl groups is 1. The minimum Gasteiger partial charge on any atom is -0.370 e. The van der Waals surface area contributed by atoms with Gasteiger partial charge >= 0.3 is 5.97 Å². The summed E-state index contributed by atoms with van der Waals surface area (Å²) in [5, 5.41) is 11.6. The Morgan fingerprint density at radius 2 is 0.778 bits per heavy atom. The van der Waals surface area contributed by atoms with E-state index in [1.54, 1.807) is 0 Å². The largest absolute Gasteiger partial charge is 0.370 e. The maximum atomic E-state index is 11.6. The lowest BCUT2D eigenvalue weighted by Crippen LogP contribution is -2.49. The van der Waals surface area contributed by atoms with Crippen molar-refractivity contribution in [1.29, 1.82) is 0 Å². The predicted molar refractivity (Wildman–Crippen MR) is 155 cm³/mol. The van der Waals surface area contributed by atoms with Gasteiger partial charge in [0.25, 0.3) is 0 Å². The standard InChI is InChI=1S/C32H66O4/c1-5-9-13-17-20-24-28-34-31(27-23-16-12-8-4)32(33,35-29-25-21-18-14-10-6-2)36-30-26-22-19-15-11-7-3/h31,33H,5-30H2,1-4H3. The summed E-state index contributed by atoms with van der Waals surface area (Å²) >= 11 is 0.